The van der Waals surface area contributed by atoms with Crippen molar-refractivity contribution < 1.29 is 25.6 Å². The summed E-state index contributed by atoms with van der Waals surface area (Å²) in [4.78, 5) is 13.8. The first kappa shape index (κ1) is 25.4. The van der Waals surface area contributed by atoms with Gasteiger partial charge in [0, 0.05) is 52.3 Å². The minimum absolute atomic E-state index is 0.0507. The Balaban J connectivity index is 1.19. The molecule has 0 radical (unpaired) electrons. The van der Waals surface area contributed by atoms with E-state index in [0.717, 1.165) is 28.4 Å². The van der Waals surface area contributed by atoms with E-state index in [2.05, 4.69) is 19.9 Å². The van der Waals surface area contributed by atoms with Crippen LogP contribution in [0.2, 0.25) is 0 Å². The second-order valence-corrected chi connectivity index (χ2v) is 15.5. The Labute approximate surface area is 215 Å². The molecule has 2 atom stereocenters. The third-order valence-corrected chi connectivity index (χ3v) is 12.9. The van der Waals surface area contributed by atoms with Crippen LogP contribution in [0.5, 0.6) is 0 Å². The fourth-order valence-electron chi connectivity index (χ4n) is 6.16. The number of aromatic amines is 1. The van der Waals surface area contributed by atoms with Gasteiger partial charge in [-0.2, -0.15) is 17.0 Å². The number of sulfone groups is 1. The van der Waals surface area contributed by atoms with Gasteiger partial charge < -0.3 is 9.88 Å². The third kappa shape index (κ3) is 4.63. The number of fused-ring (bicyclic) bond motifs is 1. The van der Waals surface area contributed by atoms with E-state index in [-0.39, 0.29) is 24.8 Å². The molecule has 3 heterocycles. The molecule has 37 heavy (non-hydrogen) atoms. The SMILES string of the molecule is CN(CC1CC(F)(F)CC1S(=O)(=O)CC1CC1)S(=O)(=O)N1CCN(c2ncnc3[nH]ccc23)CC12CC2. The quantitative estimate of drug-likeness (QED) is 0.527. The third-order valence-electron chi connectivity index (χ3n) is 8.42. The molecule has 1 aliphatic heterocycles. The molecule has 6 rings (SSSR count). The van der Waals surface area contributed by atoms with Crippen LogP contribution in [0.25, 0.3) is 11.0 Å². The minimum Gasteiger partial charge on any atom is -0.353 e. The summed E-state index contributed by atoms with van der Waals surface area (Å²) in [5.41, 5.74) is 0.125. The summed E-state index contributed by atoms with van der Waals surface area (Å²) < 4.78 is 84.7. The molecule has 2 aromatic rings. The first-order chi connectivity index (χ1) is 17.4. The Hall–Kier alpha value is -1.90. The first-order valence-electron chi connectivity index (χ1n) is 12.8. The van der Waals surface area contributed by atoms with E-state index in [9.17, 15) is 25.6 Å². The van der Waals surface area contributed by atoms with Crippen LogP contribution in [0.15, 0.2) is 18.6 Å². The number of alkyl halides is 2. The van der Waals surface area contributed by atoms with Crippen LogP contribution in [-0.2, 0) is 20.0 Å². The number of piperazine rings is 1. The summed E-state index contributed by atoms with van der Waals surface area (Å²) in [7, 11) is -6.34. The van der Waals surface area contributed by atoms with Crippen molar-refractivity contribution in [2.75, 3.05) is 43.9 Å². The molecular formula is C23H32F2N6O4S2. The molecule has 14 heteroatoms. The van der Waals surface area contributed by atoms with Crippen LogP contribution < -0.4 is 4.90 Å². The Morgan fingerprint density at radius 1 is 1.14 bits per heavy atom. The average molecular weight is 559 g/mol. The first-order valence-corrected chi connectivity index (χ1v) is 15.9. The molecule has 1 N–H and O–H groups in total. The van der Waals surface area contributed by atoms with Gasteiger partial charge in [-0.15, -0.1) is 0 Å². The largest absolute Gasteiger partial charge is 0.353 e. The number of aromatic nitrogens is 3. The van der Waals surface area contributed by atoms with Gasteiger partial charge in [-0.1, -0.05) is 0 Å². The number of anilines is 1. The lowest BCUT2D eigenvalue weighted by atomic mass is 10.1. The second kappa shape index (κ2) is 8.55. The Morgan fingerprint density at radius 3 is 2.59 bits per heavy atom. The Kier molecular flexibility index (Phi) is 5.87. The number of hydrogen-bond donors (Lipinski definition) is 1. The highest BCUT2D eigenvalue weighted by atomic mass is 32.2. The van der Waals surface area contributed by atoms with Crippen molar-refractivity contribution in [3.05, 3.63) is 18.6 Å². The molecule has 4 aliphatic rings. The van der Waals surface area contributed by atoms with E-state index >= 15 is 0 Å². The van der Waals surface area contributed by atoms with E-state index < -0.39 is 55.5 Å². The van der Waals surface area contributed by atoms with Gasteiger partial charge in [0.2, 0.25) is 5.92 Å². The predicted molar refractivity (Wildman–Crippen MR) is 134 cm³/mol. The van der Waals surface area contributed by atoms with Gasteiger partial charge in [0.15, 0.2) is 9.84 Å². The van der Waals surface area contributed by atoms with Gasteiger partial charge in [0.05, 0.1) is 21.9 Å². The van der Waals surface area contributed by atoms with Crippen LogP contribution in [-0.4, -0.2) is 96.1 Å². The monoisotopic (exact) mass is 558 g/mol. The van der Waals surface area contributed by atoms with Crippen molar-refractivity contribution in [2.24, 2.45) is 11.8 Å². The van der Waals surface area contributed by atoms with Gasteiger partial charge >= 0.3 is 0 Å². The van der Waals surface area contributed by atoms with Gasteiger partial charge in [-0.25, -0.2) is 27.2 Å². The minimum atomic E-state index is -3.99. The zero-order chi connectivity index (χ0) is 26.2. The van der Waals surface area contributed by atoms with Crippen LogP contribution in [0.1, 0.15) is 38.5 Å². The predicted octanol–water partition coefficient (Wildman–Crippen LogP) is 2.03. The molecule has 0 amide bonds. The Bertz CT molecular complexity index is 1410. The van der Waals surface area contributed by atoms with Gasteiger partial charge in [0.1, 0.15) is 17.8 Å². The molecular weight excluding hydrogens is 526 g/mol. The molecule has 1 spiro atoms. The van der Waals surface area contributed by atoms with Gasteiger partial charge in [-0.3, -0.25) is 0 Å². The highest BCUT2D eigenvalue weighted by molar-refractivity contribution is 7.92. The molecule has 10 nitrogen and oxygen atoms in total. The summed E-state index contributed by atoms with van der Waals surface area (Å²) in [6.07, 6.45) is 4.93. The van der Waals surface area contributed by atoms with Crippen LogP contribution in [0.3, 0.4) is 0 Å². The molecule has 4 fully saturated rings. The lowest BCUT2D eigenvalue weighted by molar-refractivity contribution is 0.00456. The fourth-order valence-corrected chi connectivity index (χ4v) is 10.4. The van der Waals surface area contributed by atoms with E-state index in [1.54, 1.807) is 6.20 Å². The summed E-state index contributed by atoms with van der Waals surface area (Å²) in [5, 5.41) is -0.346. The van der Waals surface area contributed by atoms with Crippen molar-refractivity contribution in [1.29, 1.82) is 0 Å². The van der Waals surface area contributed by atoms with Crippen LogP contribution >= 0.6 is 0 Å². The van der Waals surface area contributed by atoms with Crippen molar-refractivity contribution in [3.63, 3.8) is 0 Å². The summed E-state index contributed by atoms with van der Waals surface area (Å²) in [5.74, 6) is -3.32. The zero-order valence-electron chi connectivity index (χ0n) is 20.7. The maximum absolute atomic E-state index is 14.4. The van der Waals surface area contributed by atoms with E-state index in [4.69, 9.17) is 0 Å². The number of nitrogens with one attached hydrogen (secondary N) is 1. The molecule has 0 bridgehead atoms. The van der Waals surface area contributed by atoms with Crippen LogP contribution in [0, 0.1) is 11.8 Å². The normalized spacial score (nSPS) is 27.9. The lowest BCUT2D eigenvalue weighted by Gasteiger charge is -2.43. The second-order valence-electron chi connectivity index (χ2n) is 11.3. The van der Waals surface area contributed by atoms with Gasteiger partial charge in [0.25, 0.3) is 10.2 Å². The molecule has 2 aromatic heterocycles. The van der Waals surface area contributed by atoms with Crippen molar-refractivity contribution in [1.82, 2.24) is 23.6 Å². The van der Waals surface area contributed by atoms with Crippen molar-refractivity contribution in [3.8, 4) is 0 Å². The van der Waals surface area contributed by atoms with Crippen molar-refractivity contribution >= 4 is 36.9 Å². The van der Waals surface area contributed by atoms with Crippen molar-refractivity contribution in [2.45, 2.75) is 55.2 Å². The number of nitrogens with zero attached hydrogens (tertiary/aromatic N) is 5. The zero-order valence-corrected chi connectivity index (χ0v) is 22.3. The van der Waals surface area contributed by atoms with Crippen LogP contribution in [0.4, 0.5) is 14.6 Å². The summed E-state index contributed by atoms with van der Waals surface area (Å²) >= 11 is 0. The van der Waals surface area contributed by atoms with Gasteiger partial charge in [-0.05, 0) is 43.6 Å². The van der Waals surface area contributed by atoms with E-state index in [0.29, 0.717) is 31.6 Å². The number of hydrogen-bond acceptors (Lipinski definition) is 7. The smallest absolute Gasteiger partial charge is 0.282 e. The topological polar surface area (TPSA) is 120 Å². The Morgan fingerprint density at radius 2 is 1.89 bits per heavy atom. The molecule has 0 aromatic carbocycles. The highest BCUT2D eigenvalue weighted by Crippen LogP contribution is 2.48. The standard InChI is InChI=1S/C23H32F2N6O4S2/c1-29(12-17-10-23(24,25)11-19(17)36(32,33)13-16-2-3-16)37(34,35)31-9-8-30(14-22(31)5-6-22)21-18-4-7-26-20(18)27-15-28-21/h4,7,15-17,19H,2-3,5-6,8-14H2,1H3,(H,26,27,28). The number of halogens is 2. The highest BCUT2D eigenvalue weighted by Gasteiger charge is 2.58. The fraction of sp³-hybridized carbons (Fsp3) is 0.739. The summed E-state index contributed by atoms with van der Waals surface area (Å²) in [6, 6.07) is 1.90. The van der Waals surface area contributed by atoms with E-state index in [1.165, 1.54) is 17.7 Å². The lowest BCUT2D eigenvalue weighted by Crippen LogP contribution is -2.60. The maximum Gasteiger partial charge on any atom is 0.282 e. The number of H-pyrrole nitrogens is 1. The number of rotatable bonds is 8. The molecule has 204 valence electrons. The molecule has 2 unspecified atom stereocenters. The summed E-state index contributed by atoms with van der Waals surface area (Å²) in [6.45, 7) is 0.884. The molecule has 3 aliphatic carbocycles. The molecule has 1 saturated heterocycles. The molecule has 3 saturated carbocycles. The maximum atomic E-state index is 14.4. The average Bonchev–Trinajstić information content (AvgIpc) is 3.71. The van der Waals surface area contributed by atoms with E-state index in [1.807, 2.05) is 6.07 Å².